The summed E-state index contributed by atoms with van der Waals surface area (Å²) in [5.41, 5.74) is -0.703. The lowest BCUT2D eigenvalue weighted by atomic mass is 9.89. The molecule has 102 valence electrons. The molecule has 0 nitrogen and oxygen atoms in total. The van der Waals surface area contributed by atoms with E-state index >= 15 is 0 Å². The van der Waals surface area contributed by atoms with Crippen LogP contribution < -0.4 is 0 Å². The second-order valence-electron chi connectivity index (χ2n) is 4.51. The third kappa shape index (κ3) is 3.70. The van der Waals surface area contributed by atoms with Gasteiger partial charge >= 0.3 is 6.18 Å². The summed E-state index contributed by atoms with van der Waals surface area (Å²) in [6, 6.07) is 2.66. The summed E-state index contributed by atoms with van der Waals surface area (Å²) in [6.07, 6.45) is -4.52. The van der Waals surface area contributed by atoms with Crippen molar-refractivity contribution in [2.24, 2.45) is 0 Å². The molecule has 0 heterocycles. The van der Waals surface area contributed by atoms with Gasteiger partial charge in [0.25, 0.3) is 0 Å². The van der Waals surface area contributed by atoms with Crippen LogP contribution in [-0.2, 0) is 6.18 Å². The van der Waals surface area contributed by atoms with Crippen LogP contribution in [-0.4, -0.2) is 9.65 Å². The van der Waals surface area contributed by atoms with Crippen LogP contribution in [0.25, 0.3) is 0 Å². The predicted molar refractivity (Wildman–Crippen MR) is 70.9 cm³/mol. The van der Waals surface area contributed by atoms with E-state index in [2.05, 4.69) is 31.9 Å². The highest BCUT2D eigenvalue weighted by Crippen LogP contribution is 2.39. The average Bonchev–Trinajstić information content (AvgIpc) is 2.17. The predicted octanol–water partition coefficient (Wildman–Crippen LogP) is 5.50. The van der Waals surface area contributed by atoms with Crippen LogP contribution in [0.3, 0.4) is 0 Å². The number of rotatable bonds is 3. The largest absolute Gasteiger partial charge is 0.416 e. The van der Waals surface area contributed by atoms with E-state index in [0.717, 1.165) is 6.07 Å². The standard InChI is InChI=1S/C12H12Br2F4/c1-11(2,14)9(6-13)8-4-3-7(5-10(8)15)12(16,17)18/h3-5,9H,6H2,1-2H3. The summed E-state index contributed by atoms with van der Waals surface area (Å²) >= 11 is 6.68. The second-order valence-corrected chi connectivity index (χ2v) is 7.20. The van der Waals surface area contributed by atoms with Crippen molar-refractivity contribution in [1.29, 1.82) is 0 Å². The van der Waals surface area contributed by atoms with Crippen LogP contribution in [0.15, 0.2) is 18.2 Å². The summed E-state index contributed by atoms with van der Waals surface area (Å²) in [5.74, 6) is -1.10. The van der Waals surface area contributed by atoms with Crippen molar-refractivity contribution >= 4 is 31.9 Å². The highest BCUT2D eigenvalue weighted by Gasteiger charge is 2.34. The van der Waals surface area contributed by atoms with Gasteiger partial charge in [0.05, 0.1) is 5.56 Å². The lowest BCUT2D eigenvalue weighted by Gasteiger charge is -2.28. The summed E-state index contributed by atoms with van der Waals surface area (Å²) in [6.45, 7) is 3.69. The SMILES string of the molecule is CC(C)(Br)C(CBr)c1ccc(C(F)(F)F)cc1F. The number of alkyl halides is 5. The number of hydrogen-bond acceptors (Lipinski definition) is 0. The maximum atomic E-state index is 13.8. The van der Waals surface area contributed by atoms with Gasteiger partial charge < -0.3 is 0 Å². The molecule has 0 aromatic heterocycles. The van der Waals surface area contributed by atoms with Crippen molar-refractivity contribution in [3.8, 4) is 0 Å². The molecule has 0 saturated heterocycles. The van der Waals surface area contributed by atoms with E-state index in [1.165, 1.54) is 6.07 Å². The maximum Gasteiger partial charge on any atom is 0.416 e. The van der Waals surface area contributed by atoms with Gasteiger partial charge in [-0.25, -0.2) is 4.39 Å². The van der Waals surface area contributed by atoms with Gasteiger partial charge in [-0.05, 0) is 31.5 Å². The lowest BCUT2D eigenvalue weighted by Crippen LogP contribution is -2.24. The number of benzene rings is 1. The third-order valence-corrected chi connectivity index (χ3v) is 3.89. The Bertz CT molecular complexity index is 421. The van der Waals surface area contributed by atoms with Gasteiger partial charge in [0.1, 0.15) is 5.82 Å². The van der Waals surface area contributed by atoms with E-state index in [9.17, 15) is 17.6 Å². The highest BCUT2D eigenvalue weighted by atomic mass is 79.9. The van der Waals surface area contributed by atoms with Gasteiger partial charge in [-0.1, -0.05) is 37.9 Å². The van der Waals surface area contributed by atoms with Crippen molar-refractivity contribution in [2.75, 3.05) is 5.33 Å². The molecule has 1 unspecified atom stereocenters. The summed E-state index contributed by atoms with van der Waals surface area (Å²) in [7, 11) is 0. The molecular weight excluding hydrogens is 380 g/mol. The Balaban J connectivity index is 3.21. The van der Waals surface area contributed by atoms with E-state index in [4.69, 9.17) is 0 Å². The van der Waals surface area contributed by atoms with Gasteiger partial charge in [0, 0.05) is 15.6 Å². The molecule has 0 aliphatic heterocycles. The average molecular weight is 392 g/mol. The van der Waals surface area contributed by atoms with Gasteiger partial charge in [0.2, 0.25) is 0 Å². The maximum absolute atomic E-state index is 13.8. The third-order valence-electron chi connectivity index (χ3n) is 2.69. The molecule has 18 heavy (non-hydrogen) atoms. The van der Waals surface area contributed by atoms with Gasteiger partial charge in [-0.15, -0.1) is 0 Å². The van der Waals surface area contributed by atoms with Gasteiger partial charge in [0.15, 0.2) is 0 Å². The quantitative estimate of drug-likeness (QED) is 0.471. The molecule has 1 atom stereocenters. The molecule has 0 radical (unpaired) electrons. The molecule has 0 aliphatic rings. The summed E-state index contributed by atoms with van der Waals surface area (Å²) in [5, 5.41) is 0.452. The zero-order valence-electron chi connectivity index (χ0n) is 9.78. The monoisotopic (exact) mass is 390 g/mol. The Morgan fingerprint density at radius 2 is 1.78 bits per heavy atom. The lowest BCUT2D eigenvalue weighted by molar-refractivity contribution is -0.137. The minimum Gasteiger partial charge on any atom is -0.207 e. The van der Waals surface area contributed by atoms with E-state index in [1.54, 1.807) is 0 Å². The van der Waals surface area contributed by atoms with E-state index in [0.29, 0.717) is 11.4 Å². The molecule has 1 rings (SSSR count). The van der Waals surface area contributed by atoms with Crippen LogP contribution >= 0.6 is 31.9 Å². The molecule has 0 amide bonds. The molecule has 1 aromatic carbocycles. The summed E-state index contributed by atoms with van der Waals surface area (Å²) in [4.78, 5) is 0. The molecular formula is C12H12Br2F4. The van der Waals surface area contributed by atoms with Crippen LogP contribution in [0, 0.1) is 5.82 Å². The molecule has 0 bridgehead atoms. The van der Waals surface area contributed by atoms with Crippen molar-refractivity contribution in [3.63, 3.8) is 0 Å². The minimum atomic E-state index is -4.52. The second kappa shape index (κ2) is 5.49. The molecule has 0 spiro atoms. The minimum absolute atomic E-state index is 0.264. The fourth-order valence-corrected chi connectivity index (χ4v) is 3.62. The van der Waals surface area contributed by atoms with Gasteiger partial charge in [-0.2, -0.15) is 13.2 Å². The van der Waals surface area contributed by atoms with E-state index < -0.39 is 21.9 Å². The van der Waals surface area contributed by atoms with Gasteiger partial charge in [-0.3, -0.25) is 0 Å². The molecule has 6 heteroatoms. The Morgan fingerprint density at radius 3 is 2.11 bits per heavy atom. The molecule has 0 aliphatic carbocycles. The van der Waals surface area contributed by atoms with E-state index in [1.807, 2.05) is 13.8 Å². The summed E-state index contributed by atoms with van der Waals surface area (Å²) < 4.78 is 50.7. The Hall–Kier alpha value is -0.100. The molecule has 0 fully saturated rings. The first-order valence-corrected chi connectivity index (χ1v) is 7.10. The normalized spacial score (nSPS) is 14.7. The fraction of sp³-hybridized carbons (Fsp3) is 0.500. The fourth-order valence-electron chi connectivity index (χ4n) is 1.62. The topological polar surface area (TPSA) is 0 Å². The molecule has 1 aromatic rings. The van der Waals surface area contributed by atoms with Crippen LogP contribution in [0.5, 0.6) is 0 Å². The Morgan fingerprint density at radius 1 is 1.22 bits per heavy atom. The zero-order valence-corrected chi connectivity index (χ0v) is 13.0. The van der Waals surface area contributed by atoms with Crippen molar-refractivity contribution in [2.45, 2.75) is 30.3 Å². The molecule has 0 saturated carbocycles. The van der Waals surface area contributed by atoms with Crippen molar-refractivity contribution in [3.05, 3.63) is 35.1 Å². The first-order valence-electron chi connectivity index (χ1n) is 5.19. The van der Waals surface area contributed by atoms with Crippen molar-refractivity contribution < 1.29 is 17.6 Å². The number of hydrogen-bond donors (Lipinski definition) is 0. The van der Waals surface area contributed by atoms with Crippen molar-refractivity contribution in [1.82, 2.24) is 0 Å². The van der Waals surface area contributed by atoms with E-state index in [-0.39, 0.29) is 11.5 Å². The molecule has 0 N–H and O–H groups in total. The first kappa shape index (κ1) is 16.0. The Kier molecular flexibility index (Phi) is 4.87. The zero-order chi connectivity index (χ0) is 14.1. The van der Waals surface area contributed by atoms with Crippen LogP contribution in [0.2, 0.25) is 0 Å². The highest BCUT2D eigenvalue weighted by molar-refractivity contribution is 9.10. The Labute approximate surface area is 120 Å². The first-order chi connectivity index (χ1) is 8.07. The van der Waals surface area contributed by atoms with Crippen LogP contribution in [0.4, 0.5) is 17.6 Å². The smallest absolute Gasteiger partial charge is 0.207 e. The van der Waals surface area contributed by atoms with Crippen LogP contribution in [0.1, 0.15) is 30.9 Å². The number of halogens is 6.